The molecule has 124 valence electrons. The van der Waals surface area contributed by atoms with E-state index in [1.807, 2.05) is 19.9 Å². The summed E-state index contributed by atoms with van der Waals surface area (Å²) in [6.07, 6.45) is 3.05. The van der Waals surface area contributed by atoms with E-state index in [0.29, 0.717) is 23.2 Å². The van der Waals surface area contributed by atoms with E-state index in [-0.39, 0.29) is 11.8 Å². The molecule has 3 rings (SSSR count). The number of hydrogen-bond donors (Lipinski definition) is 0. The van der Waals surface area contributed by atoms with Crippen LogP contribution in [0.15, 0.2) is 30.7 Å². The molecule has 0 bridgehead atoms. The zero-order chi connectivity index (χ0) is 17.3. The Bertz CT molecular complexity index is 891. The number of pyridine rings is 1. The molecule has 0 aliphatic rings. The number of hydrogen-bond acceptors (Lipinski definition) is 5. The zero-order valence-electron chi connectivity index (χ0n) is 13.6. The molecular weight excluding hydrogens is 328 g/mol. The van der Waals surface area contributed by atoms with Crippen molar-refractivity contribution in [1.29, 1.82) is 0 Å². The van der Waals surface area contributed by atoms with Crippen LogP contribution in [0, 0.1) is 0 Å². The van der Waals surface area contributed by atoms with Crippen molar-refractivity contribution in [2.45, 2.75) is 26.3 Å². The van der Waals surface area contributed by atoms with Gasteiger partial charge in [0, 0.05) is 25.4 Å². The molecular formula is C16H17ClN6O. The monoisotopic (exact) mass is 344 g/mol. The van der Waals surface area contributed by atoms with Crippen LogP contribution < -0.4 is 0 Å². The molecule has 0 unspecified atom stereocenters. The molecule has 3 aromatic heterocycles. The van der Waals surface area contributed by atoms with Crippen LogP contribution in [0.5, 0.6) is 0 Å². The standard InChI is InChI=1S/C16H17ClN6O/c1-10(2)13-7-12(21-16-19-9-20-23(13)16)15(24)22(3)8-11-5-4-6-18-14(11)17/h4-7,9-10H,8H2,1-3H3. The first-order chi connectivity index (χ1) is 11.5. The van der Waals surface area contributed by atoms with Crippen molar-refractivity contribution in [2.24, 2.45) is 0 Å². The molecule has 24 heavy (non-hydrogen) atoms. The van der Waals surface area contributed by atoms with Gasteiger partial charge in [0.2, 0.25) is 0 Å². The third-order valence-electron chi connectivity index (χ3n) is 3.68. The van der Waals surface area contributed by atoms with E-state index in [9.17, 15) is 4.79 Å². The summed E-state index contributed by atoms with van der Waals surface area (Å²) in [5.41, 5.74) is 2.00. The van der Waals surface area contributed by atoms with Crippen LogP contribution in [0.3, 0.4) is 0 Å². The summed E-state index contributed by atoms with van der Waals surface area (Å²) < 4.78 is 1.65. The Morgan fingerprint density at radius 2 is 2.17 bits per heavy atom. The largest absolute Gasteiger partial charge is 0.336 e. The molecule has 0 spiro atoms. The average Bonchev–Trinajstić information content (AvgIpc) is 3.03. The van der Waals surface area contributed by atoms with Gasteiger partial charge in [-0.2, -0.15) is 10.1 Å². The van der Waals surface area contributed by atoms with Gasteiger partial charge in [-0.25, -0.2) is 14.5 Å². The predicted octanol–water partition coefficient (Wildman–Crippen LogP) is 2.57. The Hall–Kier alpha value is -2.54. The highest BCUT2D eigenvalue weighted by molar-refractivity contribution is 6.30. The van der Waals surface area contributed by atoms with E-state index in [1.165, 1.54) is 6.33 Å². The van der Waals surface area contributed by atoms with Gasteiger partial charge in [0.25, 0.3) is 11.7 Å². The maximum atomic E-state index is 12.7. The first kappa shape index (κ1) is 16.3. The van der Waals surface area contributed by atoms with Gasteiger partial charge < -0.3 is 4.90 Å². The molecule has 0 aliphatic carbocycles. The molecule has 0 saturated carbocycles. The lowest BCUT2D eigenvalue weighted by Crippen LogP contribution is -2.28. The minimum absolute atomic E-state index is 0.182. The quantitative estimate of drug-likeness (QED) is 0.680. The number of amides is 1. The van der Waals surface area contributed by atoms with Crippen LogP contribution in [-0.4, -0.2) is 42.4 Å². The predicted molar refractivity (Wildman–Crippen MR) is 89.9 cm³/mol. The van der Waals surface area contributed by atoms with Gasteiger partial charge in [-0.05, 0) is 18.1 Å². The normalized spacial score (nSPS) is 11.2. The molecule has 0 saturated heterocycles. The second-order valence-corrected chi connectivity index (χ2v) is 6.17. The van der Waals surface area contributed by atoms with E-state index < -0.39 is 0 Å². The lowest BCUT2D eigenvalue weighted by molar-refractivity contribution is 0.0779. The highest BCUT2D eigenvalue weighted by Crippen LogP contribution is 2.18. The van der Waals surface area contributed by atoms with Crippen molar-refractivity contribution in [1.82, 2.24) is 29.5 Å². The number of rotatable bonds is 4. The Morgan fingerprint density at radius 3 is 2.88 bits per heavy atom. The summed E-state index contributed by atoms with van der Waals surface area (Å²) in [6, 6.07) is 5.39. The van der Waals surface area contributed by atoms with Crippen molar-refractivity contribution in [3.8, 4) is 0 Å². The van der Waals surface area contributed by atoms with Gasteiger partial charge in [-0.3, -0.25) is 4.79 Å². The van der Waals surface area contributed by atoms with Gasteiger partial charge in [0.1, 0.15) is 17.2 Å². The highest BCUT2D eigenvalue weighted by atomic mass is 35.5. The fraction of sp³-hybridized carbons (Fsp3) is 0.312. The lowest BCUT2D eigenvalue weighted by Gasteiger charge is -2.18. The summed E-state index contributed by atoms with van der Waals surface area (Å²) >= 11 is 6.06. The zero-order valence-corrected chi connectivity index (χ0v) is 14.4. The van der Waals surface area contributed by atoms with E-state index >= 15 is 0 Å². The summed E-state index contributed by atoms with van der Waals surface area (Å²) in [4.78, 5) is 26.7. The highest BCUT2D eigenvalue weighted by Gasteiger charge is 2.19. The molecule has 0 N–H and O–H groups in total. The minimum atomic E-state index is -0.206. The Labute approximate surface area is 144 Å². The van der Waals surface area contributed by atoms with E-state index in [1.54, 1.807) is 34.8 Å². The SMILES string of the molecule is CC(C)c1cc(C(=O)N(C)Cc2cccnc2Cl)nc2ncnn12. The first-order valence-corrected chi connectivity index (χ1v) is 7.90. The van der Waals surface area contributed by atoms with Crippen LogP contribution in [-0.2, 0) is 6.54 Å². The van der Waals surface area contributed by atoms with Crippen molar-refractivity contribution < 1.29 is 4.79 Å². The van der Waals surface area contributed by atoms with E-state index in [4.69, 9.17) is 11.6 Å². The van der Waals surface area contributed by atoms with Crippen molar-refractivity contribution in [3.63, 3.8) is 0 Å². The van der Waals surface area contributed by atoms with Gasteiger partial charge in [0.15, 0.2) is 0 Å². The van der Waals surface area contributed by atoms with Gasteiger partial charge in [-0.15, -0.1) is 0 Å². The molecule has 1 amide bonds. The Kier molecular flexibility index (Phi) is 4.44. The van der Waals surface area contributed by atoms with Crippen molar-refractivity contribution in [2.75, 3.05) is 7.05 Å². The number of carbonyl (C=O) groups excluding carboxylic acids is 1. The van der Waals surface area contributed by atoms with Crippen LogP contribution >= 0.6 is 11.6 Å². The maximum absolute atomic E-state index is 12.7. The second-order valence-electron chi connectivity index (χ2n) is 5.81. The fourth-order valence-electron chi connectivity index (χ4n) is 2.42. The van der Waals surface area contributed by atoms with Crippen LogP contribution in [0.2, 0.25) is 5.15 Å². The van der Waals surface area contributed by atoms with Gasteiger partial charge >= 0.3 is 0 Å². The molecule has 3 heterocycles. The first-order valence-electron chi connectivity index (χ1n) is 7.53. The molecule has 8 heteroatoms. The Balaban J connectivity index is 1.92. The molecule has 3 aromatic rings. The molecule has 0 radical (unpaired) electrons. The number of halogens is 1. The van der Waals surface area contributed by atoms with Gasteiger partial charge in [-0.1, -0.05) is 31.5 Å². The number of carbonyl (C=O) groups is 1. The smallest absolute Gasteiger partial charge is 0.272 e. The summed E-state index contributed by atoms with van der Waals surface area (Å²) in [7, 11) is 1.70. The number of nitrogens with zero attached hydrogens (tertiary/aromatic N) is 6. The molecule has 0 fully saturated rings. The Morgan fingerprint density at radius 1 is 1.38 bits per heavy atom. The third-order valence-corrected chi connectivity index (χ3v) is 4.02. The fourth-order valence-corrected chi connectivity index (χ4v) is 2.60. The van der Waals surface area contributed by atoms with Crippen LogP contribution in [0.25, 0.3) is 5.78 Å². The van der Waals surface area contributed by atoms with Gasteiger partial charge in [0.05, 0.1) is 5.69 Å². The maximum Gasteiger partial charge on any atom is 0.272 e. The summed E-state index contributed by atoms with van der Waals surface area (Å²) in [6.45, 7) is 4.41. The molecule has 0 aromatic carbocycles. The topological polar surface area (TPSA) is 76.3 Å². The van der Waals surface area contributed by atoms with E-state index in [2.05, 4.69) is 20.1 Å². The molecule has 0 atom stereocenters. The minimum Gasteiger partial charge on any atom is -0.336 e. The summed E-state index contributed by atoms with van der Waals surface area (Å²) in [5, 5.41) is 4.55. The van der Waals surface area contributed by atoms with Crippen molar-refractivity contribution >= 4 is 23.3 Å². The lowest BCUT2D eigenvalue weighted by atomic mass is 10.1. The number of fused-ring (bicyclic) bond motifs is 1. The third kappa shape index (κ3) is 3.07. The van der Waals surface area contributed by atoms with E-state index in [0.717, 1.165) is 11.3 Å². The van der Waals surface area contributed by atoms with Crippen LogP contribution in [0.4, 0.5) is 0 Å². The van der Waals surface area contributed by atoms with Crippen LogP contribution in [0.1, 0.15) is 41.5 Å². The number of aromatic nitrogens is 5. The molecule has 7 nitrogen and oxygen atoms in total. The molecule has 0 aliphatic heterocycles. The average molecular weight is 345 g/mol. The summed E-state index contributed by atoms with van der Waals surface area (Å²) in [5.74, 6) is 0.390. The second kappa shape index (κ2) is 6.52. The van der Waals surface area contributed by atoms with Crippen molar-refractivity contribution in [3.05, 3.63) is 52.8 Å².